The van der Waals surface area contributed by atoms with Gasteiger partial charge in [0.2, 0.25) is 0 Å². The van der Waals surface area contributed by atoms with Crippen molar-refractivity contribution in [2.24, 2.45) is 0 Å². The number of carbonyl (C=O) groups excluding carboxylic acids is 2. The molecule has 0 aromatic rings. The fourth-order valence-corrected chi connectivity index (χ4v) is 2.15. The van der Waals surface area contributed by atoms with Crippen LogP contribution in [0.5, 0.6) is 0 Å². The Balaban J connectivity index is 0. The van der Waals surface area contributed by atoms with E-state index in [1.807, 2.05) is 0 Å². The molecule has 0 aliphatic rings. The summed E-state index contributed by atoms with van der Waals surface area (Å²) in [5, 5.41) is 0. The third-order valence-corrected chi connectivity index (χ3v) is 3.74. The van der Waals surface area contributed by atoms with Crippen LogP contribution in [0.4, 0.5) is 0 Å². The number of rotatable bonds is 14. The third-order valence-electron chi connectivity index (χ3n) is 2.74. The second-order valence-corrected chi connectivity index (χ2v) is 6.77. The van der Waals surface area contributed by atoms with E-state index in [4.69, 9.17) is 9.47 Å². The van der Waals surface area contributed by atoms with Gasteiger partial charge in [-0.25, -0.2) is 9.59 Å². The molecule has 26 heavy (non-hydrogen) atoms. The fraction of sp³-hybridized carbons (Fsp3) is 0.625. The molecule has 0 heterocycles. The molecule has 0 saturated carbocycles. The smallest absolute Gasteiger partial charge is 0.756 e. The van der Waals surface area contributed by atoms with Gasteiger partial charge in [0.1, 0.15) is 0 Å². The Kier molecular flexibility index (Phi) is 17.6. The van der Waals surface area contributed by atoms with Crippen LogP contribution in [0.1, 0.15) is 39.5 Å². The van der Waals surface area contributed by atoms with E-state index < -0.39 is 19.8 Å². The van der Waals surface area contributed by atoms with Crippen LogP contribution >= 0.6 is 7.82 Å². The monoisotopic (exact) mass is 416 g/mol. The Morgan fingerprint density at radius 2 is 1.12 bits per heavy atom. The van der Waals surface area contributed by atoms with E-state index in [0.717, 1.165) is 0 Å². The van der Waals surface area contributed by atoms with Gasteiger partial charge in [0, 0.05) is 11.1 Å². The summed E-state index contributed by atoms with van der Waals surface area (Å²) in [6.07, 6.45) is 1.73. The molecular formula is C16H26KO8P. The number of ether oxygens (including phenoxy) is 2. The van der Waals surface area contributed by atoms with Crippen molar-refractivity contribution in [3.05, 3.63) is 24.3 Å². The molecule has 0 N–H and O–H groups in total. The first kappa shape index (κ1) is 28.4. The summed E-state index contributed by atoms with van der Waals surface area (Å²) in [6.45, 7) is 10.2. The van der Waals surface area contributed by atoms with Crippen molar-refractivity contribution in [1.82, 2.24) is 0 Å². The second kappa shape index (κ2) is 16.2. The molecule has 0 radical (unpaired) electrons. The van der Waals surface area contributed by atoms with Crippen molar-refractivity contribution >= 4 is 19.8 Å². The molecule has 0 saturated heterocycles. The summed E-state index contributed by atoms with van der Waals surface area (Å²) < 4.78 is 30.6. The topological polar surface area (TPSA) is 111 Å². The molecule has 0 atom stereocenters. The van der Waals surface area contributed by atoms with Gasteiger partial charge in [-0.05, 0) is 39.5 Å². The van der Waals surface area contributed by atoms with Gasteiger partial charge in [-0.1, -0.05) is 13.2 Å². The molecule has 0 aliphatic heterocycles. The van der Waals surface area contributed by atoms with Gasteiger partial charge >= 0.3 is 63.3 Å². The van der Waals surface area contributed by atoms with E-state index in [-0.39, 0.29) is 77.8 Å². The Bertz CT molecular complexity index is 478. The standard InChI is InChI=1S/C16H27O8P.K/c1-13(2)15(17)21-9-5-7-11-23-25(19,20)24-12-8-6-10-22-16(18)14(3)4;/h1,3,5-12H2,2,4H3,(H,19,20);/q;+1/p-1. The molecule has 0 rings (SSSR count). The Morgan fingerprint density at radius 1 is 0.808 bits per heavy atom. The van der Waals surface area contributed by atoms with Gasteiger partial charge < -0.3 is 23.4 Å². The molecule has 0 amide bonds. The van der Waals surface area contributed by atoms with E-state index in [0.29, 0.717) is 36.8 Å². The predicted octanol–water partition coefficient (Wildman–Crippen LogP) is -0.709. The molecule has 0 fully saturated rings. The van der Waals surface area contributed by atoms with Crippen LogP contribution in [0.25, 0.3) is 0 Å². The van der Waals surface area contributed by atoms with Crippen LogP contribution in [0.3, 0.4) is 0 Å². The first-order valence-electron chi connectivity index (χ1n) is 7.91. The van der Waals surface area contributed by atoms with Crippen molar-refractivity contribution in [3.8, 4) is 0 Å². The maximum Gasteiger partial charge on any atom is 1.00 e. The van der Waals surface area contributed by atoms with Crippen LogP contribution in [0, 0.1) is 0 Å². The van der Waals surface area contributed by atoms with Gasteiger partial charge in [0.05, 0.1) is 26.4 Å². The Morgan fingerprint density at radius 3 is 1.42 bits per heavy atom. The number of carbonyl (C=O) groups is 2. The zero-order chi connectivity index (χ0) is 19.3. The van der Waals surface area contributed by atoms with Crippen molar-refractivity contribution in [1.29, 1.82) is 0 Å². The molecule has 8 nitrogen and oxygen atoms in total. The molecular weight excluding hydrogens is 390 g/mol. The van der Waals surface area contributed by atoms with E-state index >= 15 is 0 Å². The quantitative estimate of drug-likeness (QED) is 0.120. The molecule has 0 bridgehead atoms. The van der Waals surface area contributed by atoms with Gasteiger partial charge in [-0.3, -0.25) is 4.57 Å². The van der Waals surface area contributed by atoms with Crippen LogP contribution in [-0.2, 0) is 32.7 Å². The molecule has 0 aromatic carbocycles. The maximum atomic E-state index is 11.5. The molecule has 0 unspecified atom stereocenters. The van der Waals surface area contributed by atoms with Gasteiger partial charge in [-0.2, -0.15) is 0 Å². The predicted molar refractivity (Wildman–Crippen MR) is 89.5 cm³/mol. The number of esters is 2. The average molecular weight is 416 g/mol. The number of phosphoric acid groups is 1. The number of hydrogen-bond donors (Lipinski definition) is 0. The average Bonchev–Trinajstić information content (AvgIpc) is 2.53. The summed E-state index contributed by atoms with van der Waals surface area (Å²) in [5.41, 5.74) is 0.617. The zero-order valence-electron chi connectivity index (χ0n) is 15.8. The minimum Gasteiger partial charge on any atom is -0.756 e. The zero-order valence-corrected chi connectivity index (χ0v) is 19.8. The van der Waals surface area contributed by atoms with Gasteiger partial charge in [-0.15, -0.1) is 0 Å². The van der Waals surface area contributed by atoms with E-state index in [9.17, 15) is 19.0 Å². The fourth-order valence-electron chi connectivity index (χ4n) is 1.37. The number of phosphoric ester groups is 1. The SMILES string of the molecule is C=C(C)C(=O)OCCCCOP(=O)([O-])OCCCCOC(=O)C(=C)C.[K+]. The maximum absolute atomic E-state index is 11.5. The van der Waals surface area contributed by atoms with E-state index in [1.165, 1.54) is 0 Å². The minimum absolute atomic E-state index is 0. The summed E-state index contributed by atoms with van der Waals surface area (Å²) >= 11 is 0. The first-order valence-corrected chi connectivity index (χ1v) is 9.37. The summed E-state index contributed by atoms with van der Waals surface area (Å²) in [7, 11) is -4.35. The second-order valence-electron chi connectivity index (χ2n) is 5.36. The minimum atomic E-state index is -4.35. The van der Waals surface area contributed by atoms with Crippen LogP contribution < -0.4 is 56.3 Å². The van der Waals surface area contributed by atoms with Crippen molar-refractivity contribution < 1.29 is 89.0 Å². The molecule has 10 heteroatoms. The first-order chi connectivity index (χ1) is 11.7. The third kappa shape index (κ3) is 16.3. The summed E-state index contributed by atoms with van der Waals surface area (Å²) in [4.78, 5) is 33.7. The van der Waals surface area contributed by atoms with E-state index in [1.54, 1.807) is 13.8 Å². The molecule has 0 aromatic heterocycles. The molecule has 144 valence electrons. The van der Waals surface area contributed by atoms with E-state index in [2.05, 4.69) is 22.2 Å². The van der Waals surface area contributed by atoms with Gasteiger partial charge in [0.25, 0.3) is 7.82 Å². The van der Waals surface area contributed by atoms with Crippen molar-refractivity contribution in [2.45, 2.75) is 39.5 Å². The normalized spacial score (nSPS) is 10.6. The number of hydrogen-bond acceptors (Lipinski definition) is 8. The largest absolute Gasteiger partial charge is 1.00 e. The van der Waals surface area contributed by atoms with Crippen LogP contribution in [0.15, 0.2) is 24.3 Å². The Hall–Kier alpha value is 0.166. The van der Waals surface area contributed by atoms with Gasteiger partial charge in [0.15, 0.2) is 0 Å². The van der Waals surface area contributed by atoms with Crippen LogP contribution in [-0.4, -0.2) is 38.4 Å². The number of unbranched alkanes of at least 4 members (excludes halogenated alkanes) is 2. The molecule has 0 aliphatic carbocycles. The van der Waals surface area contributed by atoms with Crippen LogP contribution in [0.2, 0.25) is 0 Å². The Labute approximate surface area is 197 Å². The summed E-state index contributed by atoms with van der Waals surface area (Å²) in [5.74, 6) is -0.958. The molecule has 0 spiro atoms. The van der Waals surface area contributed by atoms with Crippen molar-refractivity contribution in [3.63, 3.8) is 0 Å². The summed E-state index contributed by atoms with van der Waals surface area (Å²) in [6, 6.07) is 0. The van der Waals surface area contributed by atoms with Crippen molar-refractivity contribution in [2.75, 3.05) is 26.4 Å².